The van der Waals surface area contributed by atoms with Crippen molar-refractivity contribution in [3.8, 4) is 11.5 Å². The number of hydrogen-bond donors (Lipinski definition) is 4. The number of β-amino-alcohol motifs (C(OH)–C–C–N with tert-alkyl or cyclic N) is 1. The second-order valence-electron chi connectivity index (χ2n) is 9.89. The highest BCUT2D eigenvalue weighted by atomic mass is 32.2. The molecule has 1 unspecified atom stereocenters. The van der Waals surface area contributed by atoms with Crippen molar-refractivity contribution in [1.29, 1.82) is 4.78 Å². The van der Waals surface area contributed by atoms with Gasteiger partial charge in [0, 0.05) is 24.2 Å². The number of phenolic OH excluding ortho intramolecular Hbond substituents is 1. The summed E-state index contributed by atoms with van der Waals surface area (Å²) in [6.45, 7) is 10.7. The molecule has 0 fully saturated rings. The largest absolute Gasteiger partial charge is 0.508 e. The van der Waals surface area contributed by atoms with E-state index >= 15 is 0 Å². The molecule has 1 aliphatic rings. The topological polar surface area (TPSA) is 149 Å². The van der Waals surface area contributed by atoms with E-state index in [0.717, 1.165) is 22.4 Å². The fourth-order valence-electron chi connectivity index (χ4n) is 4.54. The van der Waals surface area contributed by atoms with E-state index in [1.54, 1.807) is 37.1 Å². The first-order valence-electron chi connectivity index (χ1n) is 12.5. The highest BCUT2D eigenvalue weighted by Gasteiger charge is 2.44. The molecular formula is C27H39N3O7S. The van der Waals surface area contributed by atoms with E-state index in [1.165, 1.54) is 0 Å². The molecule has 10 nitrogen and oxygen atoms in total. The summed E-state index contributed by atoms with van der Waals surface area (Å²) in [7, 11) is -0.995. The fourth-order valence-corrected chi connectivity index (χ4v) is 4.54. The van der Waals surface area contributed by atoms with Crippen LogP contribution in [0.4, 0.5) is 10.5 Å². The van der Waals surface area contributed by atoms with Gasteiger partial charge in [0.25, 0.3) is 0 Å². The second kappa shape index (κ2) is 13.1. The Hall–Kier alpha value is -3.15. The molecular weight excluding hydrogens is 510 g/mol. The van der Waals surface area contributed by atoms with Crippen LogP contribution >= 0.6 is 0 Å². The lowest BCUT2D eigenvalue weighted by atomic mass is 9.85. The maximum absolute atomic E-state index is 13.2. The number of carbonyl (C=O) groups excluding carboxylic acids is 1. The van der Waals surface area contributed by atoms with Crippen LogP contribution in [0, 0.1) is 11.7 Å². The molecule has 210 valence electrons. The molecule has 0 bridgehead atoms. The number of fused-ring (bicyclic) bond motifs is 1. The monoisotopic (exact) mass is 549 g/mol. The molecule has 0 spiro atoms. The predicted molar refractivity (Wildman–Crippen MR) is 145 cm³/mol. The van der Waals surface area contributed by atoms with E-state index in [2.05, 4.69) is 5.32 Å². The molecule has 2 aromatic carbocycles. The average molecular weight is 550 g/mol. The number of methoxy groups -OCH3 is 1. The van der Waals surface area contributed by atoms with Gasteiger partial charge in [0.05, 0.1) is 18.9 Å². The molecule has 11 heteroatoms. The van der Waals surface area contributed by atoms with Gasteiger partial charge in [-0.25, -0.2) is 4.79 Å². The van der Waals surface area contributed by atoms with Gasteiger partial charge in [-0.3, -0.25) is 4.90 Å². The van der Waals surface area contributed by atoms with Gasteiger partial charge in [-0.05, 0) is 69.4 Å². The summed E-state index contributed by atoms with van der Waals surface area (Å²) >= 11 is 0. The molecule has 4 N–H and O–H groups in total. The van der Waals surface area contributed by atoms with Crippen LogP contribution in [0.3, 0.4) is 0 Å². The number of aryl methyl sites for hydroxylation is 1. The van der Waals surface area contributed by atoms with Crippen LogP contribution in [0.1, 0.15) is 69.8 Å². The first-order chi connectivity index (χ1) is 17.8. The molecule has 0 saturated carbocycles. The normalized spacial score (nSPS) is 15.0. The third kappa shape index (κ3) is 7.46. The zero-order chi connectivity index (χ0) is 28.7. The second-order valence-corrected chi connectivity index (χ2v) is 10.4. The van der Waals surface area contributed by atoms with Crippen LogP contribution in [0.5, 0.6) is 11.5 Å². The van der Waals surface area contributed by atoms with Gasteiger partial charge in [0.2, 0.25) is 0 Å². The number of nitrogens with one attached hydrogen (secondary N) is 2. The summed E-state index contributed by atoms with van der Waals surface area (Å²) in [5.74, 6) is 0.868. The molecule has 1 aliphatic heterocycles. The summed E-state index contributed by atoms with van der Waals surface area (Å²) in [6.07, 6.45) is 0.923. The van der Waals surface area contributed by atoms with Crippen molar-refractivity contribution in [3.63, 3.8) is 0 Å². The van der Waals surface area contributed by atoms with Crippen LogP contribution in [0.25, 0.3) is 0 Å². The standard InChI is InChI=1S/C27H38N2O5.HNO2S/c1-7-27(8-2)20-10-9-11-23(33-6)24(20)29(25(32)34-27)15-14-26(4,5)28-17-22(31)19-12-13-21(30)18(3)16-19;1-4(2)3/h9-13,16,22,28,30-31H,7-8,14-15,17H2,1-6H3;1H. The smallest absolute Gasteiger partial charge is 0.415 e. The van der Waals surface area contributed by atoms with Crippen LogP contribution in [-0.2, 0) is 20.8 Å². The third-order valence-corrected chi connectivity index (χ3v) is 6.96. The van der Waals surface area contributed by atoms with E-state index in [1.807, 2.05) is 45.9 Å². The summed E-state index contributed by atoms with van der Waals surface area (Å²) in [4.78, 5) is 14.8. The lowest BCUT2D eigenvalue weighted by molar-refractivity contribution is -0.00165. The number of carbonyl (C=O) groups is 1. The number of aliphatic hydroxyl groups excluding tert-OH is 1. The molecule has 38 heavy (non-hydrogen) atoms. The van der Waals surface area contributed by atoms with Gasteiger partial charge in [-0.2, -0.15) is 13.2 Å². The van der Waals surface area contributed by atoms with Crippen LogP contribution in [0.2, 0.25) is 0 Å². The Kier molecular flexibility index (Phi) is 10.7. The van der Waals surface area contributed by atoms with Crippen molar-refractivity contribution < 1.29 is 32.9 Å². The average Bonchev–Trinajstić information content (AvgIpc) is 2.87. The number of amides is 1. The van der Waals surface area contributed by atoms with Gasteiger partial charge in [0.15, 0.2) is 0 Å². The third-order valence-electron chi connectivity index (χ3n) is 6.96. The van der Waals surface area contributed by atoms with Crippen LogP contribution in [-0.4, -0.2) is 50.5 Å². The molecule has 1 amide bonds. The van der Waals surface area contributed by atoms with Gasteiger partial charge in [-0.15, -0.1) is 0 Å². The van der Waals surface area contributed by atoms with Crippen molar-refractivity contribution in [3.05, 3.63) is 53.1 Å². The van der Waals surface area contributed by atoms with Gasteiger partial charge in [-0.1, -0.05) is 32.0 Å². The SMILES string of the molecule is CCC1(CC)OC(=O)N(CCC(C)(C)NCC(O)c2ccc(O)c(C)c2)c2c(OC)cccc21.N=S(=O)=O. The lowest BCUT2D eigenvalue weighted by Gasteiger charge is -2.43. The predicted octanol–water partition coefficient (Wildman–Crippen LogP) is 4.80. The molecule has 0 radical (unpaired) electrons. The van der Waals surface area contributed by atoms with Gasteiger partial charge >= 0.3 is 16.6 Å². The molecule has 0 saturated heterocycles. The summed E-state index contributed by atoms with van der Waals surface area (Å²) in [6, 6.07) is 10.9. The maximum Gasteiger partial charge on any atom is 0.415 e. The number of cyclic esters (lactones) is 1. The molecule has 0 aromatic heterocycles. The Morgan fingerprint density at radius 2 is 1.84 bits per heavy atom. The Balaban J connectivity index is 0.00000118. The molecule has 3 rings (SSSR count). The number of benzene rings is 2. The lowest BCUT2D eigenvalue weighted by Crippen LogP contribution is -2.49. The summed E-state index contributed by atoms with van der Waals surface area (Å²) < 4.78 is 34.5. The Morgan fingerprint density at radius 1 is 1.21 bits per heavy atom. The minimum Gasteiger partial charge on any atom is -0.508 e. The van der Waals surface area contributed by atoms with E-state index in [0.29, 0.717) is 38.1 Å². The van der Waals surface area contributed by atoms with E-state index in [4.69, 9.17) is 22.7 Å². The fraction of sp³-hybridized carbons (Fsp3) is 0.519. The molecule has 2 aromatic rings. The maximum atomic E-state index is 13.2. The van der Waals surface area contributed by atoms with E-state index in [-0.39, 0.29) is 17.4 Å². The van der Waals surface area contributed by atoms with Crippen molar-refractivity contribution >= 4 is 22.3 Å². The van der Waals surface area contributed by atoms with Crippen molar-refractivity contribution in [1.82, 2.24) is 5.32 Å². The van der Waals surface area contributed by atoms with Crippen molar-refractivity contribution in [2.75, 3.05) is 25.1 Å². The number of ether oxygens (including phenoxy) is 2. The number of hydrogen-bond acceptors (Lipinski definition) is 9. The minimum absolute atomic E-state index is 0.212. The van der Waals surface area contributed by atoms with Gasteiger partial charge in [0.1, 0.15) is 17.1 Å². The molecule has 0 aliphatic carbocycles. The van der Waals surface area contributed by atoms with E-state index < -0.39 is 22.2 Å². The Morgan fingerprint density at radius 3 is 2.39 bits per heavy atom. The van der Waals surface area contributed by atoms with Crippen molar-refractivity contribution in [2.24, 2.45) is 0 Å². The zero-order valence-electron chi connectivity index (χ0n) is 22.9. The highest BCUT2D eigenvalue weighted by molar-refractivity contribution is 7.60. The number of aromatic hydroxyl groups is 1. The van der Waals surface area contributed by atoms with Gasteiger partial charge < -0.3 is 25.0 Å². The van der Waals surface area contributed by atoms with Crippen LogP contribution in [0.15, 0.2) is 36.4 Å². The Labute approximate surface area is 226 Å². The summed E-state index contributed by atoms with van der Waals surface area (Å²) in [5, 5.41) is 23.8. The zero-order valence-corrected chi connectivity index (χ0v) is 23.7. The summed E-state index contributed by atoms with van der Waals surface area (Å²) in [5.41, 5.74) is 2.20. The molecule has 1 atom stereocenters. The van der Waals surface area contributed by atoms with Crippen molar-refractivity contribution in [2.45, 2.75) is 71.1 Å². The highest BCUT2D eigenvalue weighted by Crippen LogP contribution is 2.47. The quantitative estimate of drug-likeness (QED) is 0.330. The number of para-hydroxylation sites is 1. The Bertz CT molecular complexity index is 1220. The number of nitrogens with zero attached hydrogens (tertiary/aromatic N) is 1. The van der Waals surface area contributed by atoms with E-state index in [9.17, 15) is 15.0 Å². The number of phenols is 1. The number of rotatable bonds is 10. The minimum atomic E-state index is -2.61. The molecule has 1 heterocycles. The number of anilines is 1. The first kappa shape index (κ1) is 31.1. The van der Waals surface area contributed by atoms with Crippen LogP contribution < -0.4 is 15.0 Å². The number of aliphatic hydroxyl groups is 1. The first-order valence-corrected chi connectivity index (χ1v) is 13.6.